The normalized spacial score (nSPS) is 14.6. The molecule has 1 aliphatic rings. The number of rotatable bonds is 8. The number of piperazine rings is 1. The molecule has 1 fully saturated rings. The second-order valence-electron chi connectivity index (χ2n) is 8.52. The fourth-order valence-electron chi connectivity index (χ4n) is 4.32. The van der Waals surface area contributed by atoms with E-state index < -0.39 is 10.0 Å². The Bertz CT molecular complexity index is 1210. The topological polar surface area (TPSA) is 112 Å². The van der Waals surface area contributed by atoms with Gasteiger partial charge in [0.1, 0.15) is 0 Å². The summed E-state index contributed by atoms with van der Waals surface area (Å²) < 4.78 is 25.2. The van der Waals surface area contributed by atoms with Gasteiger partial charge in [-0.05, 0) is 66.9 Å². The van der Waals surface area contributed by atoms with Crippen molar-refractivity contribution >= 4 is 38.2 Å². The summed E-state index contributed by atoms with van der Waals surface area (Å²) in [5.74, 6) is 0.179. The van der Waals surface area contributed by atoms with Gasteiger partial charge >= 0.3 is 0 Å². The first kappa shape index (κ1) is 23.1. The number of carbonyl (C=O) groups excluding carboxylic acids is 1. The minimum absolute atomic E-state index is 0.179. The minimum Gasteiger partial charge on any atom is -0.368 e. The fraction of sp³-hybridized carbons (Fsp3) is 0.375. The maximum Gasteiger partial charge on any atom is 0.229 e. The number of aromatic amines is 1. The molecular formula is C24H31N5O3S. The van der Waals surface area contributed by atoms with Crippen LogP contribution in [0.15, 0.2) is 48.7 Å². The number of anilines is 2. The quantitative estimate of drug-likeness (QED) is 0.469. The molecular weight excluding hydrogens is 438 g/mol. The van der Waals surface area contributed by atoms with E-state index in [1.807, 2.05) is 23.2 Å². The van der Waals surface area contributed by atoms with Crippen molar-refractivity contribution in [2.45, 2.75) is 19.3 Å². The van der Waals surface area contributed by atoms with Gasteiger partial charge in [-0.2, -0.15) is 0 Å². The molecule has 0 aliphatic carbocycles. The van der Waals surface area contributed by atoms with Crippen molar-refractivity contribution in [1.82, 2.24) is 9.88 Å². The summed E-state index contributed by atoms with van der Waals surface area (Å²) in [5.41, 5.74) is 10.8. The van der Waals surface area contributed by atoms with Crippen LogP contribution in [0.4, 0.5) is 11.4 Å². The van der Waals surface area contributed by atoms with E-state index in [4.69, 9.17) is 5.73 Å². The van der Waals surface area contributed by atoms with Crippen LogP contribution in [0.25, 0.3) is 10.9 Å². The van der Waals surface area contributed by atoms with E-state index in [2.05, 4.69) is 32.8 Å². The molecule has 4 rings (SSSR count). The number of nitrogens with zero attached hydrogens (tertiary/aromatic N) is 2. The summed E-state index contributed by atoms with van der Waals surface area (Å²) in [6.07, 6.45) is 5.20. The van der Waals surface area contributed by atoms with Gasteiger partial charge in [0, 0.05) is 61.1 Å². The molecule has 9 heteroatoms. The number of fused-ring (bicyclic) bond motifs is 1. The molecule has 2 aromatic carbocycles. The highest BCUT2D eigenvalue weighted by Gasteiger charge is 2.21. The first-order valence-electron chi connectivity index (χ1n) is 11.2. The van der Waals surface area contributed by atoms with Crippen LogP contribution in [-0.2, 0) is 27.7 Å². The van der Waals surface area contributed by atoms with E-state index in [0.29, 0.717) is 31.7 Å². The Morgan fingerprint density at radius 1 is 1.06 bits per heavy atom. The van der Waals surface area contributed by atoms with E-state index in [-0.39, 0.29) is 5.91 Å². The number of hydrogen-bond acceptors (Lipinski definition) is 5. The first-order chi connectivity index (χ1) is 15.8. The number of aryl methyl sites for hydroxylation is 1. The highest BCUT2D eigenvalue weighted by Crippen LogP contribution is 2.22. The van der Waals surface area contributed by atoms with Gasteiger partial charge < -0.3 is 20.5 Å². The van der Waals surface area contributed by atoms with Gasteiger partial charge in [-0.25, -0.2) is 8.42 Å². The number of benzene rings is 2. The molecule has 1 aromatic heterocycles. The average molecular weight is 470 g/mol. The van der Waals surface area contributed by atoms with Crippen molar-refractivity contribution in [3.8, 4) is 0 Å². The van der Waals surface area contributed by atoms with Crippen LogP contribution < -0.4 is 15.4 Å². The molecule has 2 heterocycles. The van der Waals surface area contributed by atoms with Gasteiger partial charge in [-0.1, -0.05) is 6.07 Å². The molecule has 33 heavy (non-hydrogen) atoms. The summed E-state index contributed by atoms with van der Waals surface area (Å²) >= 11 is 0. The smallest absolute Gasteiger partial charge is 0.229 e. The van der Waals surface area contributed by atoms with Crippen LogP contribution >= 0.6 is 0 Å². The molecule has 176 valence electrons. The molecule has 8 nitrogen and oxygen atoms in total. The lowest BCUT2D eigenvalue weighted by atomic mass is 10.0. The van der Waals surface area contributed by atoms with E-state index in [9.17, 15) is 13.2 Å². The lowest BCUT2D eigenvalue weighted by Gasteiger charge is -2.36. The molecule has 4 N–H and O–H groups in total. The Labute approximate surface area is 194 Å². The van der Waals surface area contributed by atoms with Crippen LogP contribution in [0.5, 0.6) is 0 Å². The lowest BCUT2D eigenvalue weighted by Crippen LogP contribution is -2.48. The van der Waals surface area contributed by atoms with Crippen molar-refractivity contribution in [2.24, 2.45) is 5.73 Å². The zero-order valence-corrected chi connectivity index (χ0v) is 19.7. The number of nitrogens with two attached hydrogens (primary N) is 1. The van der Waals surface area contributed by atoms with Crippen molar-refractivity contribution in [3.05, 3.63) is 59.8 Å². The second-order valence-corrected chi connectivity index (χ2v) is 10.3. The van der Waals surface area contributed by atoms with E-state index in [0.717, 1.165) is 49.0 Å². The summed E-state index contributed by atoms with van der Waals surface area (Å²) in [4.78, 5) is 20.2. The Morgan fingerprint density at radius 3 is 2.45 bits per heavy atom. The number of H-pyrrole nitrogens is 1. The zero-order chi connectivity index (χ0) is 23.4. The van der Waals surface area contributed by atoms with Crippen LogP contribution in [0.2, 0.25) is 0 Å². The molecule has 1 aliphatic heterocycles. The molecule has 0 unspecified atom stereocenters. The van der Waals surface area contributed by atoms with Gasteiger partial charge in [-0.15, -0.1) is 0 Å². The summed E-state index contributed by atoms with van der Waals surface area (Å²) in [7, 11) is -3.28. The van der Waals surface area contributed by atoms with Gasteiger partial charge in [-0.3, -0.25) is 9.52 Å². The van der Waals surface area contributed by atoms with Gasteiger partial charge in [0.25, 0.3) is 0 Å². The highest BCUT2D eigenvalue weighted by molar-refractivity contribution is 7.92. The van der Waals surface area contributed by atoms with Gasteiger partial charge in [0.15, 0.2) is 0 Å². The number of sulfonamides is 1. The fourth-order valence-corrected chi connectivity index (χ4v) is 4.89. The van der Waals surface area contributed by atoms with Crippen molar-refractivity contribution in [1.29, 1.82) is 0 Å². The second kappa shape index (κ2) is 9.84. The van der Waals surface area contributed by atoms with Crippen LogP contribution in [0.3, 0.4) is 0 Å². The number of carbonyl (C=O) groups is 1. The molecule has 0 saturated carbocycles. The number of nitrogens with one attached hydrogen (secondary N) is 2. The monoisotopic (exact) mass is 469 g/mol. The molecule has 3 aromatic rings. The first-order valence-corrected chi connectivity index (χ1v) is 13.1. The standard InChI is InChI=1S/C24H31N5O3S/c1-33(31,32)27-20-4-6-21(7-5-20)28-12-14-29(15-13-28)24(30)9-3-18-2-8-23-22(16-18)19(10-11-25)17-26-23/h2,4-8,16-17,26-27H,3,9-15,25H2,1H3. The van der Waals surface area contributed by atoms with Crippen molar-refractivity contribution in [3.63, 3.8) is 0 Å². The minimum atomic E-state index is -3.28. The van der Waals surface area contributed by atoms with Gasteiger partial charge in [0.2, 0.25) is 15.9 Å². The molecule has 0 bridgehead atoms. The number of amides is 1. The largest absolute Gasteiger partial charge is 0.368 e. The Balaban J connectivity index is 1.29. The molecule has 0 radical (unpaired) electrons. The SMILES string of the molecule is CS(=O)(=O)Nc1ccc(N2CCN(C(=O)CCc3ccc4[nH]cc(CCN)c4c3)CC2)cc1. The van der Waals surface area contributed by atoms with Crippen LogP contribution in [0, 0.1) is 0 Å². The lowest BCUT2D eigenvalue weighted by molar-refractivity contribution is -0.131. The van der Waals surface area contributed by atoms with E-state index in [1.54, 1.807) is 12.1 Å². The highest BCUT2D eigenvalue weighted by atomic mass is 32.2. The summed E-state index contributed by atoms with van der Waals surface area (Å²) in [6.45, 7) is 3.48. The van der Waals surface area contributed by atoms with Crippen LogP contribution in [-0.4, -0.2) is 63.2 Å². The van der Waals surface area contributed by atoms with Gasteiger partial charge in [0.05, 0.1) is 6.26 Å². The zero-order valence-electron chi connectivity index (χ0n) is 18.9. The van der Waals surface area contributed by atoms with Crippen LogP contribution in [0.1, 0.15) is 17.5 Å². The predicted octanol–water partition coefficient (Wildman–Crippen LogP) is 2.32. The Morgan fingerprint density at radius 2 is 1.79 bits per heavy atom. The number of aromatic nitrogens is 1. The molecule has 0 atom stereocenters. The average Bonchev–Trinajstić information content (AvgIpc) is 3.19. The van der Waals surface area contributed by atoms with Crippen molar-refractivity contribution in [2.75, 3.05) is 48.6 Å². The molecule has 1 saturated heterocycles. The molecule has 0 spiro atoms. The summed E-state index contributed by atoms with van der Waals surface area (Å²) in [6, 6.07) is 13.7. The third-order valence-corrected chi connectivity index (χ3v) is 6.65. The van der Waals surface area contributed by atoms with E-state index >= 15 is 0 Å². The number of hydrogen-bond donors (Lipinski definition) is 3. The van der Waals surface area contributed by atoms with Crippen molar-refractivity contribution < 1.29 is 13.2 Å². The Kier molecular flexibility index (Phi) is 6.90. The maximum absolute atomic E-state index is 12.8. The summed E-state index contributed by atoms with van der Waals surface area (Å²) in [5, 5.41) is 1.19. The predicted molar refractivity (Wildman–Crippen MR) is 133 cm³/mol. The van der Waals surface area contributed by atoms with E-state index in [1.165, 1.54) is 10.9 Å². The third kappa shape index (κ3) is 5.85. The maximum atomic E-state index is 12.8. The third-order valence-electron chi connectivity index (χ3n) is 6.04. The molecule has 1 amide bonds. The Hall–Kier alpha value is -3.04.